The quantitative estimate of drug-likeness (QED) is 0.702. The topological polar surface area (TPSA) is 21.7 Å². The molecule has 0 aliphatic carbocycles. The Balaban J connectivity index is 1.65. The van der Waals surface area contributed by atoms with Gasteiger partial charge in [0.25, 0.3) is 0 Å². The van der Waals surface area contributed by atoms with Crippen molar-refractivity contribution in [3.8, 4) is 5.75 Å². The van der Waals surface area contributed by atoms with Crippen molar-refractivity contribution in [3.05, 3.63) is 28.8 Å². The van der Waals surface area contributed by atoms with E-state index in [2.05, 4.69) is 25.7 Å². The number of aryl methyl sites for hydroxylation is 1. The fourth-order valence-electron chi connectivity index (χ4n) is 3.01. The number of morpholine rings is 1. The van der Waals surface area contributed by atoms with E-state index in [1.54, 1.807) is 0 Å². The molecule has 1 aromatic carbocycles. The average molecular weight is 326 g/mol. The van der Waals surface area contributed by atoms with Gasteiger partial charge in [0.15, 0.2) is 0 Å². The van der Waals surface area contributed by atoms with Crippen molar-refractivity contribution in [3.63, 3.8) is 0 Å². The lowest BCUT2D eigenvalue weighted by molar-refractivity contribution is -0.0682. The molecule has 1 fully saturated rings. The second-order valence-electron chi connectivity index (χ2n) is 6.18. The lowest BCUT2D eigenvalue weighted by Crippen LogP contribution is -2.45. The second-order valence-corrected chi connectivity index (χ2v) is 6.59. The smallest absolute Gasteiger partial charge is 0.119 e. The maximum Gasteiger partial charge on any atom is 0.119 e. The molecule has 1 heterocycles. The minimum Gasteiger partial charge on any atom is -0.494 e. The van der Waals surface area contributed by atoms with E-state index < -0.39 is 0 Å². The van der Waals surface area contributed by atoms with Gasteiger partial charge in [-0.1, -0.05) is 18.5 Å². The average Bonchev–Trinajstić information content (AvgIpc) is 2.47. The molecule has 22 heavy (non-hydrogen) atoms. The van der Waals surface area contributed by atoms with E-state index in [4.69, 9.17) is 21.1 Å². The first-order chi connectivity index (χ1) is 10.6. The number of hydrogen-bond donors (Lipinski definition) is 0. The molecule has 1 aliphatic rings. The van der Waals surface area contributed by atoms with Crippen LogP contribution >= 0.6 is 11.6 Å². The Morgan fingerprint density at radius 3 is 2.64 bits per heavy atom. The van der Waals surface area contributed by atoms with Crippen molar-refractivity contribution in [1.29, 1.82) is 0 Å². The van der Waals surface area contributed by atoms with Crippen molar-refractivity contribution in [2.75, 3.05) is 26.2 Å². The summed E-state index contributed by atoms with van der Waals surface area (Å²) in [4.78, 5) is 2.50. The highest BCUT2D eigenvalue weighted by Crippen LogP contribution is 2.22. The molecule has 0 saturated carbocycles. The van der Waals surface area contributed by atoms with E-state index in [1.165, 1.54) is 0 Å². The summed E-state index contributed by atoms with van der Waals surface area (Å²) in [5.41, 5.74) is 1.15. The normalized spacial score (nSPS) is 22.7. The van der Waals surface area contributed by atoms with Crippen molar-refractivity contribution in [1.82, 2.24) is 4.90 Å². The Morgan fingerprint density at radius 2 is 1.95 bits per heavy atom. The fourth-order valence-corrected chi connectivity index (χ4v) is 3.26. The van der Waals surface area contributed by atoms with Crippen LogP contribution in [0.5, 0.6) is 5.75 Å². The summed E-state index contributed by atoms with van der Waals surface area (Å²) in [6.07, 6.45) is 3.87. The Bertz CT molecular complexity index is 456. The first-order valence-corrected chi connectivity index (χ1v) is 8.75. The zero-order valence-electron chi connectivity index (χ0n) is 14.0. The largest absolute Gasteiger partial charge is 0.494 e. The van der Waals surface area contributed by atoms with E-state index >= 15 is 0 Å². The minimum atomic E-state index is 0.349. The van der Waals surface area contributed by atoms with Crippen LogP contribution in [0.1, 0.15) is 39.2 Å². The highest BCUT2D eigenvalue weighted by atomic mass is 35.5. The zero-order chi connectivity index (χ0) is 15.9. The molecule has 1 aromatic rings. The molecular formula is C18H28ClNO2. The zero-order valence-corrected chi connectivity index (χ0v) is 14.7. The summed E-state index contributed by atoms with van der Waals surface area (Å²) in [7, 11) is 0. The summed E-state index contributed by atoms with van der Waals surface area (Å²) in [5.74, 6) is 0.926. The molecule has 0 bridgehead atoms. The van der Waals surface area contributed by atoms with Crippen molar-refractivity contribution >= 4 is 11.6 Å². The third-order valence-electron chi connectivity index (χ3n) is 4.03. The number of unbranched alkanes of at least 4 members (excludes halogenated alkanes) is 1. The van der Waals surface area contributed by atoms with Gasteiger partial charge in [0.2, 0.25) is 0 Å². The lowest BCUT2D eigenvalue weighted by atomic mass is 10.1. The molecule has 124 valence electrons. The Morgan fingerprint density at radius 1 is 1.23 bits per heavy atom. The summed E-state index contributed by atoms with van der Waals surface area (Å²) in [6, 6.07) is 5.92. The van der Waals surface area contributed by atoms with Gasteiger partial charge < -0.3 is 9.47 Å². The monoisotopic (exact) mass is 325 g/mol. The highest BCUT2D eigenvalue weighted by Gasteiger charge is 2.21. The number of ether oxygens (including phenoxy) is 2. The van der Waals surface area contributed by atoms with Gasteiger partial charge in [0.05, 0.1) is 18.8 Å². The Labute approximate surface area is 139 Å². The summed E-state index contributed by atoms with van der Waals surface area (Å²) < 4.78 is 11.6. The molecule has 4 heteroatoms. The standard InChI is InChI=1S/C18H28ClNO2/c1-4-16-11-17(7-8-18(16)19)21-10-6-5-9-20-12-14(2)22-15(3)13-20/h7-8,11,14-15H,4-6,9-10,12-13H2,1-3H3. The van der Waals surface area contributed by atoms with Crippen molar-refractivity contribution in [2.45, 2.75) is 52.2 Å². The number of halogens is 1. The second kappa shape index (κ2) is 8.76. The molecule has 2 atom stereocenters. The highest BCUT2D eigenvalue weighted by molar-refractivity contribution is 6.31. The molecule has 0 amide bonds. The summed E-state index contributed by atoms with van der Waals surface area (Å²) >= 11 is 6.12. The predicted octanol–water partition coefficient (Wildman–Crippen LogP) is 4.17. The number of nitrogens with zero attached hydrogens (tertiary/aromatic N) is 1. The van der Waals surface area contributed by atoms with Crippen molar-refractivity contribution < 1.29 is 9.47 Å². The SMILES string of the molecule is CCc1cc(OCCCCN2CC(C)OC(C)C2)ccc1Cl. The molecular weight excluding hydrogens is 298 g/mol. The minimum absolute atomic E-state index is 0.349. The van der Waals surface area contributed by atoms with Crippen LogP contribution in [0.4, 0.5) is 0 Å². The predicted molar refractivity (Wildman–Crippen MR) is 92.0 cm³/mol. The van der Waals surface area contributed by atoms with Gasteiger partial charge in [0.1, 0.15) is 5.75 Å². The van der Waals surface area contributed by atoms with E-state index in [1.807, 2.05) is 18.2 Å². The van der Waals surface area contributed by atoms with Gasteiger partial charge in [-0.2, -0.15) is 0 Å². The Hall–Kier alpha value is -0.770. The third kappa shape index (κ3) is 5.45. The third-order valence-corrected chi connectivity index (χ3v) is 4.40. The number of benzene rings is 1. The van der Waals surface area contributed by atoms with Crippen LogP contribution in [0, 0.1) is 0 Å². The molecule has 0 N–H and O–H groups in total. The first kappa shape index (κ1) is 17.6. The van der Waals surface area contributed by atoms with Crippen LogP contribution in [-0.4, -0.2) is 43.3 Å². The van der Waals surface area contributed by atoms with Crippen LogP contribution in [0.3, 0.4) is 0 Å². The molecule has 0 aromatic heterocycles. The van der Waals surface area contributed by atoms with Gasteiger partial charge in [-0.05, 0) is 63.4 Å². The van der Waals surface area contributed by atoms with E-state index in [-0.39, 0.29) is 0 Å². The first-order valence-electron chi connectivity index (χ1n) is 8.37. The molecule has 2 rings (SSSR count). The van der Waals surface area contributed by atoms with Gasteiger partial charge in [-0.25, -0.2) is 0 Å². The van der Waals surface area contributed by atoms with Gasteiger partial charge >= 0.3 is 0 Å². The van der Waals surface area contributed by atoms with Crippen LogP contribution in [0.2, 0.25) is 5.02 Å². The van der Waals surface area contributed by atoms with E-state index in [0.29, 0.717) is 12.2 Å². The maximum atomic E-state index is 6.12. The fraction of sp³-hybridized carbons (Fsp3) is 0.667. The lowest BCUT2D eigenvalue weighted by Gasteiger charge is -2.35. The number of hydrogen-bond acceptors (Lipinski definition) is 3. The van der Waals surface area contributed by atoms with E-state index in [0.717, 1.165) is 61.8 Å². The van der Waals surface area contributed by atoms with Gasteiger partial charge in [0, 0.05) is 18.1 Å². The molecule has 0 spiro atoms. The Kier molecular flexibility index (Phi) is 7.00. The number of rotatable bonds is 7. The van der Waals surface area contributed by atoms with Crippen LogP contribution in [0.25, 0.3) is 0 Å². The molecule has 1 aliphatic heterocycles. The van der Waals surface area contributed by atoms with Crippen LogP contribution in [-0.2, 0) is 11.2 Å². The van der Waals surface area contributed by atoms with Crippen molar-refractivity contribution in [2.24, 2.45) is 0 Å². The molecule has 0 radical (unpaired) electrons. The van der Waals surface area contributed by atoms with Crippen LogP contribution in [0.15, 0.2) is 18.2 Å². The molecule has 3 nitrogen and oxygen atoms in total. The summed E-state index contributed by atoms with van der Waals surface area (Å²) in [5, 5.41) is 0.824. The summed E-state index contributed by atoms with van der Waals surface area (Å²) in [6.45, 7) is 10.4. The molecule has 2 unspecified atom stereocenters. The maximum absolute atomic E-state index is 6.12. The van der Waals surface area contributed by atoms with Gasteiger partial charge in [-0.3, -0.25) is 4.90 Å². The molecule has 1 saturated heterocycles. The van der Waals surface area contributed by atoms with Gasteiger partial charge in [-0.15, -0.1) is 0 Å². The van der Waals surface area contributed by atoms with E-state index in [9.17, 15) is 0 Å². The van der Waals surface area contributed by atoms with Crippen LogP contribution < -0.4 is 4.74 Å².